The zero-order valence-corrected chi connectivity index (χ0v) is 30.7. The van der Waals surface area contributed by atoms with Gasteiger partial charge in [0.15, 0.2) is 0 Å². The number of aryl methyl sites for hydroxylation is 1. The summed E-state index contributed by atoms with van der Waals surface area (Å²) in [6.45, 7) is 3.48. The molecular formula is C39H43Cl2N3O5S. The Morgan fingerprint density at radius 3 is 2.12 bits per heavy atom. The average Bonchev–Trinajstić information content (AvgIpc) is 3.11. The number of nitrogens with one attached hydrogen (secondary N) is 1. The number of hydrogen-bond acceptors (Lipinski definition) is 5. The van der Waals surface area contributed by atoms with Gasteiger partial charge in [-0.3, -0.25) is 13.9 Å². The molecule has 0 aliphatic heterocycles. The third kappa shape index (κ3) is 9.38. The van der Waals surface area contributed by atoms with Gasteiger partial charge in [-0.25, -0.2) is 8.42 Å². The topological polar surface area (TPSA) is 96.0 Å². The molecular weight excluding hydrogens is 693 g/mol. The first-order chi connectivity index (χ1) is 24.1. The van der Waals surface area contributed by atoms with Gasteiger partial charge in [0.1, 0.15) is 18.3 Å². The summed E-state index contributed by atoms with van der Waals surface area (Å²) in [5.41, 5.74) is 2.54. The standard InChI is InChI=1S/C39H43Cl2N3O5S/c1-3-49-32-21-23-33(24-22-32)50(47,48)44(31-19-17-28(2)18-20-31)27-38(45)43(26-34-35(40)15-10-16-36(34)41)37(25-29-11-6-4-7-12-29)39(46)42-30-13-8-5-9-14-30/h4,6-7,10-12,15-24,30,37H,3,5,8-9,13-14,25-27H2,1-2H3,(H,42,46)/t37-/m1/s1. The Kier molecular flexibility index (Phi) is 12.8. The maximum absolute atomic E-state index is 14.8. The van der Waals surface area contributed by atoms with E-state index in [-0.39, 0.29) is 29.8 Å². The van der Waals surface area contributed by atoms with Crippen molar-refractivity contribution in [3.05, 3.63) is 124 Å². The first kappa shape index (κ1) is 37.2. The highest BCUT2D eigenvalue weighted by molar-refractivity contribution is 7.92. The molecule has 1 aliphatic rings. The van der Waals surface area contributed by atoms with Crippen LogP contribution < -0.4 is 14.4 Å². The van der Waals surface area contributed by atoms with Crippen molar-refractivity contribution >= 4 is 50.7 Å². The van der Waals surface area contributed by atoms with Crippen molar-refractivity contribution < 1.29 is 22.7 Å². The molecule has 50 heavy (non-hydrogen) atoms. The van der Waals surface area contributed by atoms with Crippen LogP contribution in [0.4, 0.5) is 5.69 Å². The highest BCUT2D eigenvalue weighted by Gasteiger charge is 2.36. The number of amides is 2. The number of rotatable bonds is 14. The summed E-state index contributed by atoms with van der Waals surface area (Å²) in [6, 6.07) is 26.5. The second-order valence-corrected chi connectivity index (χ2v) is 15.2. The van der Waals surface area contributed by atoms with Crippen molar-refractivity contribution in [1.29, 1.82) is 0 Å². The van der Waals surface area contributed by atoms with Crippen LogP contribution in [0.3, 0.4) is 0 Å². The van der Waals surface area contributed by atoms with Crippen molar-refractivity contribution in [2.24, 2.45) is 0 Å². The molecule has 4 aromatic rings. The fourth-order valence-electron chi connectivity index (χ4n) is 6.19. The van der Waals surface area contributed by atoms with E-state index in [1.807, 2.05) is 44.2 Å². The molecule has 0 saturated heterocycles. The normalized spacial score (nSPS) is 14.1. The molecule has 11 heteroatoms. The van der Waals surface area contributed by atoms with Crippen LogP contribution in [0.5, 0.6) is 5.75 Å². The predicted octanol–water partition coefficient (Wildman–Crippen LogP) is 7.98. The Balaban J connectivity index is 1.58. The Bertz CT molecular complexity index is 1830. The molecule has 0 spiro atoms. The number of benzene rings is 4. The van der Waals surface area contributed by atoms with Crippen LogP contribution in [0.25, 0.3) is 0 Å². The Morgan fingerprint density at radius 2 is 1.50 bits per heavy atom. The van der Waals surface area contributed by atoms with Crippen LogP contribution in [0, 0.1) is 6.92 Å². The van der Waals surface area contributed by atoms with Crippen LogP contribution in [0.1, 0.15) is 55.7 Å². The summed E-state index contributed by atoms with van der Waals surface area (Å²) < 4.78 is 35.3. The lowest BCUT2D eigenvalue weighted by Crippen LogP contribution is -2.55. The number of anilines is 1. The van der Waals surface area contributed by atoms with Gasteiger partial charge in [0.2, 0.25) is 11.8 Å². The van der Waals surface area contributed by atoms with E-state index in [0.717, 1.165) is 47.5 Å². The molecule has 1 saturated carbocycles. The number of carbonyl (C=O) groups excluding carboxylic acids is 2. The molecule has 264 valence electrons. The van der Waals surface area contributed by atoms with Crippen molar-refractivity contribution in [2.45, 2.75) is 75.9 Å². The van der Waals surface area contributed by atoms with E-state index in [2.05, 4.69) is 5.32 Å². The fourth-order valence-corrected chi connectivity index (χ4v) is 8.12. The van der Waals surface area contributed by atoms with Crippen LogP contribution in [-0.4, -0.2) is 50.4 Å². The van der Waals surface area contributed by atoms with Crippen molar-refractivity contribution in [3.8, 4) is 5.75 Å². The molecule has 0 unspecified atom stereocenters. The summed E-state index contributed by atoms with van der Waals surface area (Å²) >= 11 is 13.3. The molecule has 4 aromatic carbocycles. The van der Waals surface area contributed by atoms with Gasteiger partial charge in [0, 0.05) is 34.6 Å². The molecule has 1 fully saturated rings. The maximum atomic E-state index is 14.8. The average molecular weight is 737 g/mol. The fraction of sp³-hybridized carbons (Fsp3) is 0.333. The minimum absolute atomic E-state index is 0.00842. The van der Waals surface area contributed by atoms with E-state index < -0.39 is 28.5 Å². The Labute approximate surface area is 305 Å². The minimum Gasteiger partial charge on any atom is -0.494 e. The second kappa shape index (κ2) is 17.2. The van der Waals surface area contributed by atoms with Gasteiger partial charge in [-0.1, -0.05) is 96.6 Å². The van der Waals surface area contributed by atoms with E-state index in [4.69, 9.17) is 27.9 Å². The summed E-state index contributed by atoms with van der Waals surface area (Å²) in [4.78, 5) is 30.5. The van der Waals surface area contributed by atoms with Gasteiger partial charge in [-0.2, -0.15) is 0 Å². The van der Waals surface area contributed by atoms with E-state index >= 15 is 0 Å². The van der Waals surface area contributed by atoms with Crippen molar-refractivity contribution in [1.82, 2.24) is 10.2 Å². The zero-order chi connectivity index (χ0) is 35.7. The quantitative estimate of drug-likeness (QED) is 0.142. The Hall–Kier alpha value is -4.05. The van der Waals surface area contributed by atoms with Gasteiger partial charge in [-0.15, -0.1) is 0 Å². The molecule has 2 amide bonds. The molecule has 5 rings (SSSR count). The molecule has 8 nitrogen and oxygen atoms in total. The first-order valence-corrected chi connectivity index (χ1v) is 19.2. The van der Waals surface area contributed by atoms with E-state index in [0.29, 0.717) is 33.7 Å². The largest absolute Gasteiger partial charge is 0.494 e. The first-order valence-electron chi connectivity index (χ1n) is 17.0. The third-order valence-electron chi connectivity index (χ3n) is 8.94. The highest BCUT2D eigenvalue weighted by Crippen LogP contribution is 2.30. The smallest absolute Gasteiger partial charge is 0.264 e. The van der Waals surface area contributed by atoms with Gasteiger partial charge in [0.05, 0.1) is 17.2 Å². The summed E-state index contributed by atoms with van der Waals surface area (Å²) in [6.07, 6.45) is 5.06. The summed E-state index contributed by atoms with van der Waals surface area (Å²) in [7, 11) is -4.27. The SMILES string of the molecule is CCOc1ccc(S(=O)(=O)N(CC(=O)N(Cc2c(Cl)cccc2Cl)[C@H](Cc2ccccc2)C(=O)NC2CCCCC2)c2ccc(C)cc2)cc1. The molecule has 0 radical (unpaired) electrons. The van der Waals surface area contributed by atoms with Gasteiger partial charge < -0.3 is 15.0 Å². The summed E-state index contributed by atoms with van der Waals surface area (Å²) in [5.74, 6) is -0.371. The third-order valence-corrected chi connectivity index (χ3v) is 11.4. The summed E-state index contributed by atoms with van der Waals surface area (Å²) in [5, 5.41) is 3.87. The van der Waals surface area contributed by atoms with Gasteiger partial charge in [0.25, 0.3) is 10.0 Å². The van der Waals surface area contributed by atoms with Gasteiger partial charge in [-0.05, 0) is 80.8 Å². The predicted molar refractivity (Wildman–Crippen MR) is 199 cm³/mol. The van der Waals surface area contributed by atoms with Crippen molar-refractivity contribution in [3.63, 3.8) is 0 Å². The number of carbonyl (C=O) groups is 2. The molecule has 0 bridgehead atoms. The molecule has 1 atom stereocenters. The zero-order valence-electron chi connectivity index (χ0n) is 28.4. The van der Waals surface area contributed by atoms with Crippen LogP contribution in [0.2, 0.25) is 10.0 Å². The van der Waals surface area contributed by atoms with Crippen LogP contribution in [-0.2, 0) is 32.6 Å². The monoisotopic (exact) mass is 735 g/mol. The molecule has 0 aromatic heterocycles. The number of sulfonamides is 1. The van der Waals surface area contributed by atoms with Crippen LogP contribution in [0.15, 0.2) is 102 Å². The van der Waals surface area contributed by atoms with Crippen molar-refractivity contribution in [2.75, 3.05) is 17.5 Å². The Morgan fingerprint density at radius 1 is 0.860 bits per heavy atom. The van der Waals surface area contributed by atoms with Crippen LogP contribution >= 0.6 is 23.2 Å². The van der Waals surface area contributed by atoms with E-state index in [1.54, 1.807) is 54.6 Å². The molecule has 1 N–H and O–H groups in total. The highest BCUT2D eigenvalue weighted by atomic mass is 35.5. The van der Waals surface area contributed by atoms with E-state index in [9.17, 15) is 18.0 Å². The lowest BCUT2D eigenvalue weighted by atomic mass is 9.94. The number of halogens is 2. The number of ether oxygens (including phenoxy) is 1. The maximum Gasteiger partial charge on any atom is 0.264 e. The number of hydrogen-bond donors (Lipinski definition) is 1. The molecule has 1 aliphatic carbocycles. The lowest BCUT2D eigenvalue weighted by Gasteiger charge is -2.35. The second-order valence-electron chi connectivity index (χ2n) is 12.5. The molecule has 0 heterocycles. The van der Waals surface area contributed by atoms with E-state index in [1.165, 1.54) is 17.0 Å². The van der Waals surface area contributed by atoms with Gasteiger partial charge >= 0.3 is 0 Å². The number of nitrogens with zero attached hydrogens (tertiary/aromatic N) is 2. The minimum atomic E-state index is -4.27. The lowest BCUT2D eigenvalue weighted by molar-refractivity contribution is -0.140.